The molecule has 4 nitrogen and oxygen atoms in total. The summed E-state index contributed by atoms with van der Waals surface area (Å²) in [6.45, 7) is -2.70. The van der Waals surface area contributed by atoms with Crippen LogP contribution in [0.15, 0.2) is 40.9 Å². The van der Waals surface area contributed by atoms with Crippen molar-refractivity contribution in [3.05, 3.63) is 57.0 Å². The molecule has 0 unspecified atom stereocenters. The van der Waals surface area contributed by atoms with Crippen molar-refractivity contribution in [2.45, 2.75) is 13.2 Å². The lowest BCUT2D eigenvalue weighted by molar-refractivity contribution is -0.0512. The predicted octanol–water partition coefficient (Wildman–Crippen LogP) is 4.98. The lowest BCUT2D eigenvalue weighted by atomic mass is 10.1. The third-order valence-electron chi connectivity index (χ3n) is 3.37. The van der Waals surface area contributed by atoms with Crippen molar-refractivity contribution in [3.8, 4) is 11.5 Å². The predicted molar refractivity (Wildman–Crippen MR) is 94.6 cm³/mol. The maximum absolute atomic E-state index is 12.6. The number of amides is 1. The van der Waals surface area contributed by atoms with E-state index in [9.17, 15) is 13.6 Å². The van der Waals surface area contributed by atoms with Crippen molar-refractivity contribution < 1.29 is 23.0 Å². The van der Waals surface area contributed by atoms with Crippen LogP contribution in [-0.2, 0) is 6.54 Å². The van der Waals surface area contributed by atoms with Gasteiger partial charge in [-0.1, -0.05) is 33.6 Å². The van der Waals surface area contributed by atoms with Crippen molar-refractivity contribution in [1.82, 2.24) is 4.90 Å². The Hall–Kier alpha value is -1.86. The third-order valence-corrected chi connectivity index (χ3v) is 4.19. The summed E-state index contributed by atoms with van der Waals surface area (Å²) in [5.74, 6) is -0.164. The fourth-order valence-electron chi connectivity index (χ4n) is 2.22. The van der Waals surface area contributed by atoms with Gasteiger partial charge in [0.1, 0.15) is 0 Å². The number of carbonyl (C=O) groups is 1. The van der Waals surface area contributed by atoms with Gasteiger partial charge in [-0.25, -0.2) is 0 Å². The highest BCUT2D eigenvalue weighted by Crippen LogP contribution is 2.30. The SMILES string of the molecule is COc1cc(CN(C)C(=O)c2cc(Br)ccc2Cl)ccc1OC(F)F. The molecule has 0 aliphatic heterocycles. The average Bonchev–Trinajstić information content (AvgIpc) is 2.57. The highest BCUT2D eigenvalue weighted by molar-refractivity contribution is 9.10. The van der Waals surface area contributed by atoms with Gasteiger partial charge in [0.2, 0.25) is 0 Å². The minimum Gasteiger partial charge on any atom is -0.493 e. The van der Waals surface area contributed by atoms with Gasteiger partial charge in [-0.2, -0.15) is 8.78 Å². The van der Waals surface area contributed by atoms with Gasteiger partial charge in [-0.15, -0.1) is 0 Å². The molecular formula is C17H15BrClF2NO3. The molecule has 2 aromatic carbocycles. The van der Waals surface area contributed by atoms with E-state index in [0.29, 0.717) is 16.1 Å². The van der Waals surface area contributed by atoms with Gasteiger partial charge in [0.25, 0.3) is 5.91 Å². The summed E-state index contributed by atoms with van der Waals surface area (Å²) in [6, 6.07) is 9.53. The molecule has 2 rings (SSSR count). The van der Waals surface area contributed by atoms with Crippen LogP contribution in [0.1, 0.15) is 15.9 Å². The number of alkyl halides is 2. The fraction of sp³-hybridized carbons (Fsp3) is 0.235. The second-order valence-corrected chi connectivity index (χ2v) is 6.47. The molecule has 0 bridgehead atoms. The van der Waals surface area contributed by atoms with Crippen LogP contribution in [0, 0.1) is 0 Å². The largest absolute Gasteiger partial charge is 0.493 e. The average molecular weight is 435 g/mol. The number of methoxy groups -OCH3 is 1. The number of rotatable bonds is 6. The maximum Gasteiger partial charge on any atom is 0.387 e. The zero-order valence-electron chi connectivity index (χ0n) is 13.4. The topological polar surface area (TPSA) is 38.8 Å². The number of halogens is 4. The van der Waals surface area contributed by atoms with Gasteiger partial charge in [0.15, 0.2) is 11.5 Å². The lowest BCUT2D eigenvalue weighted by Crippen LogP contribution is -2.26. The first-order valence-electron chi connectivity index (χ1n) is 7.14. The Morgan fingerprint density at radius 3 is 2.60 bits per heavy atom. The quantitative estimate of drug-likeness (QED) is 0.643. The zero-order valence-corrected chi connectivity index (χ0v) is 15.8. The number of carbonyl (C=O) groups excluding carboxylic acids is 1. The summed E-state index contributed by atoms with van der Waals surface area (Å²) in [4.78, 5) is 14.0. The Labute approximate surface area is 157 Å². The lowest BCUT2D eigenvalue weighted by Gasteiger charge is -2.19. The van der Waals surface area contributed by atoms with Crippen LogP contribution < -0.4 is 9.47 Å². The summed E-state index contributed by atoms with van der Waals surface area (Å²) in [5, 5.41) is 0.346. The number of benzene rings is 2. The van der Waals surface area contributed by atoms with Gasteiger partial charge in [-0.05, 0) is 35.9 Å². The standard InChI is InChI=1S/C17H15BrClF2NO3/c1-22(16(23)12-8-11(18)4-5-13(12)19)9-10-3-6-14(25-17(20)21)15(7-10)24-2/h3-8,17H,9H2,1-2H3. The molecule has 0 saturated heterocycles. The Morgan fingerprint density at radius 1 is 1.24 bits per heavy atom. The zero-order chi connectivity index (χ0) is 18.6. The van der Waals surface area contributed by atoms with Crippen LogP contribution in [0.2, 0.25) is 5.02 Å². The first kappa shape index (κ1) is 19.5. The van der Waals surface area contributed by atoms with E-state index in [0.717, 1.165) is 4.47 Å². The van der Waals surface area contributed by atoms with Gasteiger partial charge < -0.3 is 14.4 Å². The smallest absolute Gasteiger partial charge is 0.387 e. The van der Waals surface area contributed by atoms with Crippen LogP contribution in [0.5, 0.6) is 11.5 Å². The highest BCUT2D eigenvalue weighted by Gasteiger charge is 2.17. The van der Waals surface area contributed by atoms with Crippen LogP contribution in [-0.4, -0.2) is 31.6 Å². The van der Waals surface area contributed by atoms with Gasteiger partial charge >= 0.3 is 6.61 Å². The van der Waals surface area contributed by atoms with Crippen molar-refractivity contribution in [1.29, 1.82) is 0 Å². The molecule has 0 fully saturated rings. The number of ether oxygens (including phenoxy) is 2. The van der Waals surface area contributed by atoms with Crippen molar-refractivity contribution >= 4 is 33.4 Å². The number of hydrogen-bond donors (Lipinski definition) is 0. The monoisotopic (exact) mass is 433 g/mol. The molecule has 0 aliphatic rings. The van der Waals surface area contributed by atoms with Gasteiger partial charge in [0, 0.05) is 18.1 Å². The molecule has 0 atom stereocenters. The third kappa shape index (κ3) is 5.06. The van der Waals surface area contributed by atoms with E-state index < -0.39 is 6.61 Å². The van der Waals surface area contributed by atoms with E-state index in [-0.39, 0.29) is 24.0 Å². The van der Waals surface area contributed by atoms with Crippen LogP contribution >= 0.6 is 27.5 Å². The summed E-state index contributed by atoms with van der Waals surface area (Å²) in [6.07, 6.45) is 0. The molecule has 0 aliphatic carbocycles. The first-order valence-corrected chi connectivity index (χ1v) is 8.31. The fourth-order valence-corrected chi connectivity index (χ4v) is 2.78. The highest BCUT2D eigenvalue weighted by atomic mass is 79.9. The Bertz CT molecular complexity index is 774. The molecule has 134 valence electrons. The van der Waals surface area contributed by atoms with E-state index in [1.807, 2.05) is 0 Å². The Morgan fingerprint density at radius 2 is 1.96 bits per heavy atom. The molecule has 2 aromatic rings. The van der Waals surface area contributed by atoms with Crippen LogP contribution in [0.4, 0.5) is 8.78 Å². The van der Waals surface area contributed by atoms with Crippen molar-refractivity contribution in [2.75, 3.05) is 14.2 Å². The van der Waals surface area contributed by atoms with Crippen LogP contribution in [0.3, 0.4) is 0 Å². The molecule has 8 heteroatoms. The Kier molecular flexibility index (Phi) is 6.61. The van der Waals surface area contributed by atoms with E-state index in [2.05, 4.69) is 20.7 Å². The first-order chi connectivity index (χ1) is 11.8. The number of nitrogens with zero attached hydrogens (tertiary/aromatic N) is 1. The molecule has 0 N–H and O–H groups in total. The van der Waals surface area contributed by atoms with Gasteiger partial charge in [-0.3, -0.25) is 4.79 Å². The summed E-state index contributed by atoms with van der Waals surface area (Å²) in [7, 11) is 2.98. The molecule has 0 heterocycles. The summed E-state index contributed by atoms with van der Waals surface area (Å²) < 4.78 is 34.9. The molecular weight excluding hydrogens is 420 g/mol. The van der Waals surface area contributed by atoms with Crippen molar-refractivity contribution in [3.63, 3.8) is 0 Å². The van der Waals surface area contributed by atoms with E-state index in [1.165, 1.54) is 18.1 Å². The molecule has 25 heavy (non-hydrogen) atoms. The maximum atomic E-state index is 12.6. The number of hydrogen-bond acceptors (Lipinski definition) is 3. The summed E-state index contributed by atoms with van der Waals surface area (Å²) >= 11 is 9.39. The molecule has 0 radical (unpaired) electrons. The minimum absolute atomic E-state index is 0.0646. The van der Waals surface area contributed by atoms with E-state index in [1.54, 1.807) is 37.4 Å². The second-order valence-electron chi connectivity index (χ2n) is 5.15. The van der Waals surface area contributed by atoms with Gasteiger partial charge in [0.05, 0.1) is 17.7 Å². The molecule has 1 amide bonds. The normalized spacial score (nSPS) is 10.7. The second kappa shape index (κ2) is 8.49. The molecule has 0 aromatic heterocycles. The molecule has 0 spiro atoms. The van der Waals surface area contributed by atoms with Crippen molar-refractivity contribution in [2.24, 2.45) is 0 Å². The summed E-state index contributed by atoms with van der Waals surface area (Å²) in [5.41, 5.74) is 1.06. The van der Waals surface area contributed by atoms with E-state index in [4.69, 9.17) is 16.3 Å². The Balaban J connectivity index is 2.18. The van der Waals surface area contributed by atoms with Crippen LogP contribution in [0.25, 0.3) is 0 Å². The van der Waals surface area contributed by atoms with E-state index >= 15 is 0 Å². The molecule has 0 saturated carbocycles. The minimum atomic E-state index is -2.94.